The lowest BCUT2D eigenvalue weighted by Crippen LogP contribution is -2.74. The van der Waals surface area contributed by atoms with E-state index < -0.39 is 5.60 Å². The fourth-order valence-electron chi connectivity index (χ4n) is 9.08. The molecule has 4 heteroatoms. The Kier molecular flexibility index (Phi) is 3.15. The second-order valence-corrected chi connectivity index (χ2v) is 11.3. The molecule has 4 nitrogen and oxygen atoms in total. The van der Waals surface area contributed by atoms with Crippen LogP contribution in [0.25, 0.3) is 0 Å². The van der Waals surface area contributed by atoms with Gasteiger partial charge in [-0.1, -0.05) is 27.2 Å². The number of rotatable bonds is 2. The van der Waals surface area contributed by atoms with Crippen molar-refractivity contribution < 1.29 is 19.7 Å². The highest BCUT2D eigenvalue weighted by atomic mass is 16.5. The van der Waals surface area contributed by atoms with Gasteiger partial charge in [-0.2, -0.15) is 0 Å². The zero-order chi connectivity index (χ0) is 18.8. The minimum Gasteiger partial charge on any atom is -0.462 e. The van der Waals surface area contributed by atoms with Crippen LogP contribution in [0.2, 0.25) is 0 Å². The van der Waals surface area contributed by atoms with E-state index in [1.165, 1.54) is 6.92 Å². The van der Waals surface area contributed by atoms with Crippen molar-refractivity contribution in [3.8, 4) is 0 Å². The average molecular weight is 363 g/mol. The number of ether oxygens (including phenoxy) is 1. The van der Waals surface area contributed by atoms with E-state index >= 15 is 0 Å². The molecule has 6 fully saturated rings. The third-order valence-electron chi connectivity index (χ3n) is 10.4. The van der Waals surface area contributed by atoms with Gasteiger partial charge >= 0.3 is 5.97 Å². The number of carbonyl (C=O) groups is 1. The summed E-state index contributed by atoms with van der Waals surface area (Å²) in [7, 11) is 0. The third-order valence-corrected chi connectivity index (χ3v) is 10.4. The van der Waals surface area contributed by atoms with Crippen LogP contribution in [0.3, 0.4) is 0 Å². The van der Waals surface area contributed by atoms with Crippen molar-refractivity contribution >= 4 is 5.97 Å². The zero-order valence-electron chi connectivity index (χ0n) is 16.7. The van der Waals surface area contributed by atoms with Gasteiger partial charge in [0.1, 0.15) is 6.10 Å². The molecule has 0 amide bonds. The summed E-state index contributed by atoms with van der Waals surface area (Å²) in [6.45, 7) is 8.49. The van der Waals surface area contributed by atoms with E-state index in [-0.39, 0.29) is 40.8 Å². The summed E-state index contributed by atoms with van der Waals surface area (Å²) in [5.41, 5.74) is -1.11. The second-order valence-electron chi connectivity index (χ2n) is 11.3. The predicted molar refractivity (Wildman–Crippen MR) is 97.1 cm³/mol. The molecule has 6 aliphatic carbocycles. The molecule has 0 heterocycles. The highest BCUT2D eigenvalue weighted by Gasteiger charge is 2.86. The molecule has 6 aliphatic rings. The molecular weight excluding hydrogens is 328 g/mol. The number of esters is 1. The van der Waals surface area contributed by atoms with Crippen molar-refractivity contribution in [3.63, 3.8) is 0 Å². The van der Waals surface area contributed by atoms with Gasteiger partial charge in [-0.3, -0.25) is 4.79 Å². The summed E-state index contributed by atoms with van der Waals surface area (Å²) in [5.74, 6) is 1.29. The summed E-state index contributed by atoms with van der Waals surface area (Å²) in [6.07, 6.45) is 6.53. The van der Waals surface area contributed by atoms with Crippen LogP contribution in [-0.2, 0) is 9.53 Å². The predicted octanol–water partition coefficient (Wildman–Crippen LogP) is 3.29. The first kappa shape index (κ1) is 17.5. The zero-order valence-corrected chi connectivity index (χ0v) is 16.7. The number of aliphatic hydroxyl groups is 2. The minimum absolute atomic E-state index is 0.146. The van der Waals surface area contributed by atoms with Gasteiger partial charge in [-0.15, -0.1) is 0 Å². The summed E-state index contributed by atoms with van der Waals surface area (Å²) < 4.78 is 5.95. The average Bonchev–Trinajstić information content (AvgIpc) is 2.96. The molecule has 9 atom stereocenters. The van der Waals surface area contributed by atoms with Crippen LogP contribution in [-0.4, -0.2) is 34.5 Å². The molecule has 146 valence electrons. The second kappa shape index (κ2) is 4.68. The Hall–Kier alpha value is -0.610. The molecule has 0 aromatic rings. The maximum atomic E-state index is 12.4. The van der Waals surface area contributed by atoms with E-state index in [0.717, 1.165) is 44.9 Å². The lowest BCUT2D eigenvalue weighted by Gasteiger charge is -2.71. The van der Waals surface area contributed by atoms with Gasteiger partial charge in [-0.05, 0) is 67.1 Å². The van der Waals surface area contributed by atoms with Gasteiger partial charge in [0.05, 0.1) is 5.60 Å². The Morgan fingerprint density at radius 1 is 1.15 bits per heavy atom. The van der Waals surface area contributed by atoms with Crippen molar-refractivity contribution in [3.05, 3.63) is 0 Å². The Morgan fingerprint density at radius 2 is 1.85 bits per heavy atom. The fourth-order valence-corrected chi connectivity index (χ4v) is 9.08. The smallest absolute Gasteiger partial charge is 0.302 e. The van der Waals surface area contributed by atoms with Crippen LogP contribution >= 0.6 is 0 Å². The van der Waals surface area contributed by atoms with Gasteiger partial charge < -0.3 is 14.9 Å². The molecule has 1 spiro atoms. The molecule has 0 aromatic carbocycles. The maximum absolute atomic E-state index is 12.4. The Bertz CT molecular complexity index is 677. The number of hydrogen-bond acceptors (Lipinski definition) is 4. The lowest BCUT2D eigenvalue weighted by molar-refractivity contribution is -0.310. The van der Waals surface area contributed by atoms with Crippen LogP contribution in [0.15, 0.2) is 0 Å². The SMILES string of the molecule is CC(=O)O[C@H]1C[C@@H]2[C@@](C)(CO)CCC[C@@]2(C)[C@@]2(O)C[C@@H]3[C@@H]4C[C@]12C[C@]34C. The topological polar surface area (TPSA) is 66.8 Å². The van der Waals surface area contributed by atoms with Crippen molar-refractivity contribution in [2.75, 3.05) is 6.61 Å². The molecule has 6 saturated carbocycles. The monoisotopic (exact) mass is 362 g/mol. The maximum Gasteiger partial charge on any atom is 0.302 e. The Labute approximate surface area is 156 Å². The number of hydrogen-bond donors (Lipinski definition) is 2. The highest BCUT2D eigenvalue weighted by Crippen LogP contribution is 2.86. The highest BCUT2D eigenvalue weighted by molar-refractivity contribution is 5.66. The first-order valence-electron chi connectivity index (χ1n) is 10.6. The summed E-state index contributed by atoms with van der Waals surface area (Å²) in [6, 6.07) is 0. The Balaban J connectivity index is 1.65. The molecule has 0 saturated heterocycles. The number of fused-ring (bicyclic) bond motifs is 1. The van der Waals surface area contributed by atoms with E-state index in [4.69, 9.17) is 4.74 Å². The van der Waals surface area contributed by atoms with Gasteiger partial charge in [-0.25, -0.2) is 0 Å². The van der Waals surface area contributed by atoms with E-state index in [0.29, 0.717) is 17.3 Å². The van der Waals surface area contributed by atoms with Crippen LogP contribution < -0.4 is 0 Å². The van der Waals surface area contributed by atoms with E-state index in [9.17, 15) is 15.0 Å². The molecule has 6 rings (SSSR count). The number of aliphatic hydroxyl groups excluding tert-OH is 1. The Morgan fingerprint density at radius 3 is 2.42 bits per heavy atom. The largest absolute Gasteiger partial charge is 0.462 e. The molecule has 0 unspecified atom stereocenters. The van der Waals surface area contributed by atoms with Crippen molar-refractivity contribution in [1.29, 1.82) is 0 Å². The van der Waals surface area contributed by atoms with Crippen LogP contribution in [0, 0.1) is 39.4 Å². The standard InChI is InChI=1S/C22H34O4/c1-13(24)26-17-8-16-18(2,12-23)6-5-7-20(16,4)22(25)10-15-14-9-21(17,22)11-19(14,15)3/h14-17,23,25H,5-12H2,1-4H3/t14-,15+,16+,17-,18+,19-,20+,21-,22-/m0/s1. The minimum atomic E-state index is -0.781. The molecule has 2 N–H and O–H groups in total. The van der Waals surface area contributed by atoms with Crippen molar-refractivity contribution in [2.45, 2.75) is 84.3 Å². The fraction of sp³-hybridized carbons (Fsp3) is 0.955. The quantitative estimate of drug-likeness (QED) is 0.740. The molecule has 0 radical (unpaired) electrons. The molecular formula is C22H34O4. The molecule has 26 heavy (non-hydrogen) atoms. The van der Waals surface area contributed by atoms with Gasteiger partial charge in [0.2, 0.25) is 0 Å². The van der Waals surface area contributed by atoms with E-state index in [1.54, 1.807) is 0 Å². The number of carbonyl (C=O) groups excluding carboxylic acids is 1. The van der Waals surface area contributed by atoms with Crippen LogP contribution in [0.1, 0.15) is 72.6 Å². The molecule has 0 aromatic heterocycles. The molecule has 4 bridgehead atoms. The van der Waals surface area contributed by atoms with E-state index in [2.05, 4.69) is 20.8 Å². The third kappa shape index (κ3) is 1.65. The van der Waals surface area contributed by atoms with Gasteiger partial charge in [0.15, 0.2) is 0 Å². The van der Waals surface area contributed by atoms with E-state index in [1.807, 2.05) is 0 Å². The van der Waals surface area contributed by atoms with Gasteiger partial charge in [0.25, 0.3) is 0 Å². The summed E-state index contributed by atoms with van der Waals surface area (Å²) >= 11 is 0. The summed E-state index contributed by atoms with van der Waals surface area (Å²) in [5, 5.41) is 22.6. The lowest BCUT2D eigenvalue weighted by atomic mass is 9.36. The first-order valence-corrected chi connectivity index (χ1v) is 10.6. The van der Waals surface area contributed by atoms with Crippen LogP contribution in [0.5, 0.6) is 0 Å². The van der Waals surface area contributed by atoms with Crippen LogP contribution in [0.4, 0.5) is 0 Å². The van der Waals surface area contributed by atoms with Crippen molar-refractivity contribution in [1.82, 2.24) is 0 Å². The van der Waals surface area contributed by atoms with Crippen molar-refractivity contribution in [2.24, 2.45) is 39.4 Å². The first-order chi connectivity index (χ1) is 12.1. The summed E-state index contributed by atoms with van der Waals surface area (Å²) in [4.78, 5) is 12.0. The molecule has 0 aliphatic heterocycles. The van der Waals surface area contributed by atoms with Gasteiger partial charge in [0, 0.05) is 24.4 Å². The normalized spacial score (nSPS) is 62.2.